The zero-order valence-corrected chi connectivity index (χ0v) is 19.4. The Balaban J connectivity index is 1.48. The predicted molar refractivity (Wildman–Crippen MR) is 137 cm³/mol. The molecule has 170 valence electrons. The molecule has 0 aromatic heterocycles. The predicted octanol–water partition coefficient (Wildman–Crippen LogP) is 6.05. The van der Waals surface area contributed by atoms with E-state index in [9.17, 15) is 9.59 Å². The van der Waals surface area contributed by atoms with Crippen LogP contribution in [-0.4, -0.2) is 11.8 Å². The molecule has 4 rings (SSSR count). The van der Waals surface area contributed by atoms with E-state index in [1.54, 1.807) is 29.2 Å². The third kappa shape index (κ3) is 6.33. The van der Waals surface area contributed by atoms with Gasteiger partial charge < -0.3 is 10.2 Å². The molecule has 0 aliphatic heterocycles. The van der Waals surface area contributed by atoms with Crippen molar-refractivity contribution in [2.75, 3.05) is 4.90 Å². The van der Waals surface area contributed by atoms with Crippen LogP contribution in [0, 0.1) is 0 Å². The zero-order valence-electron chi connectivity index (χ0n) is 18.7. The summed E-state index contributed by atoms with van der Waals surface area (Å²) in [6.45, 7) is 0.928. The maximum Gasteiger partial charge on any atom is 0.258 e. The number of benzene rings is 4. The Morgan fingerprint density at radius 3 is 1.88 bits per heavy atom. The van der Waals surface area contributed by atoms with Crippen LogP contribution in [0.2, 0.25) is 5.02 Å². The summed E-state index contributed by atoms with van der Waals surface area (Å²) in [6.07, 6.45) is 0.275. The summed E-state index contributed by atoms with van der Waals surface area (Å²) in [5.41, 5.74) is 4.28. The third-order valence-electron chi connectivity index (χ3n) is 5.47. The van der Waals surface area contributed by atoms with Crippen molar-refractivity contribution in [1.29, 1.82) is 0 Å². The quantitative estimate of drug-likeness (QED) is 0.342. The second-order valence-electron chi connectivity index (χ2n) is 7.99. The van der Waals surface area contributed by atoms with Gasteiger partial charge in [-0.25, -0.2) is 0 Å². The summed E-state index contributed by atoms with van der Waals surface area (Å²) < 4.78 is 0. The van der Waals surface area contributed by atoms with E-state index in [1.807, 2.05) is 84.9 Å². The van der Waals surface area contributed by atoms with Gasteiger partial charge in [0, 0.05) is 22.8 Å². The number of amides is 2. The third-order valence-corrected chi connectivity index (χ3v) is 5.72. The number of hydrogen-bond acceptors (Lipinski definition) is 2. The van der Waals surface area contributed by atoms with Gasteiger partial charge in [-0.15, -0.1) is 0 Å². The Kier molecular flexibility index (Phi) is 7.74. The van der Waals surface area contributed by atoms with Crippen LogP contribution in [0.5, 0.6) is 0 Å². The average Bonchev–Trinajstić information content (AvgIpc) is 2.88. The molecular formula is C29H25ClN2O2. The molecule has 1 N–H and O–H groups in total. The van der Waals surface area contributed by atoms with Crippen LogP contribution in [0.3, 0.4) is 0 Å². The van der Waals surface area contributed by atoms with Crippen LogP contribution in [0.25, 0.3) is 0 Å². The summed E-state index contributed by atoms with van der Waals surface area (Å²) in [4.78, 5) is 27.5. The van der Waals surface area contributed by atoms with Gasteiger partial charge in [0.15, 0.2) is 0 Å². The maximum atomic E-state index is 13.4. The van der Waals surface area contributed by atoms with Gasteiger partial charge in [-0.1, -0.05) is 84.4 Å². The van der Waals surface area contributed by atoms with Crippen LogP contribution >= 0.6 is 11.6 Å². The summed E-state index contributed by atoms with van der Waals surface area (Å²) >= 11 is 6.00. The van der Waals surface area contributed by atoms with Crippen molar-refractivity contribution in [3.8, 4) is 0 Å². The monoisotopic (exact) mass is 468 g/mol. The highest BCUT2D eigenvalue weighted by atomic mass is 35.5. The van der Waals surface area contributed by atoms with Gasteiger partial charge in [-0.3, -0.25) is 9.59 Å². The highest BCUT2D eigenvalue weighted by Gasteiger charge is 2.18. The minimum absolute atomic E-state index is 0.0463. The number of halogens is 1. The largest absolute Gasteiger partial charge is 0.352 e. The first-order valence-corrected chi connectivity index (χ1v) is 11.5. The fourth-order valence-electron chi connectivity index (χ4n) is 3.63. The molecule has 4 aromatic carbocycles. The van der Waals surface area contributed by atoms with E-state index in [0.717, 1.165) is 22.4 Å². The van der Waals surface area contributed by atoms with Crippen molar-refractivity contribution in [2.45, 2.75) is 19.5 Å². The molecule has 0 atom stereocenters. The normalized spacial score (nSPS) is 10.5. The minimum atomic E-state index is -0.117. The number of rotatable bonds is 8. The van der Waals surface area contributed by atoms with Crippen molar-refractivity contribution in [1.82, 2.24) is 5.32 Å². The molecule has 4 aromatic rings. The molecule has 0 bridgehead atoms. The number of nitrogens with zero attached hydrogens (tertiary/aromatic N) is 1. The lowest BCUT2D eigenvalue weighted by Crippen LogP contribution is -2.30. The molecule has 0 saturated carbocycles. The Bertz CT molecular complexity index is 1220. The number of hydrogen-bond donors (Lipinski definition) is 1. The van der Waals surface area contributed by atoms with Gasteiger partial charge in [0.05, 0.1) is 13.0 Å². The molecular weight excluding hydrogens is 444 g/mol. The van der Waals surface area contributed by atoms with E-state index in [-0.39, 0.29) is 18.2 Å². The highest BCUT2D eigenvalue weighted by molar-refractivity contribution is 6.30. The lowest BCUT2D eigenvalue weighted by Gasteiger charge is -2.23. The van der Waals surface area contributed by atoms with Crippen LogP contribution in [0.1, 0.15) is 27.0 Å². The van der Waals surface area contributed by atoms with E-state index >= 15 is 0 Å². The van der Waals surface area contributed by atoms with E-state index in [1.165, 1.54) is 0 Å². The lowest BCUT2D eigenvalue weighted by molar-refractivity contribution is -0.120. The first-order valence-electron chi connectivity index (χ1n) is 11.1. The number of anilines is 1. The molecule has 2 amide bonds. The summed E-state index contributed by atoms with van der Waals surface area (Å²) in [5.74, 6) is -0.163. The zero-order chi connectivity index (χ0) is 23.8. The van der Waals surface area contributed by atoms with Crippen LogP contribution in [0.15, 0.2) is 109 Å². The summed E-state index contributed by atoms with van der Waals surface area (Å²) in [7, 11) is 0. The number of carbonyl (C=O) groups excluding carboxylic acids is 2. The van der Waals surface area contributed by atoms with Gasteiger partial charge >= 0.3 is 0 Å². The SMILES string of the molecule is O=C(Cc1ccc(N(Cc2ccccc2)C(=O)c2ccc(Cl)cc2)cc1)NCc1ccccc1. The first-order chi connectivity index (χ1) is 16.6. The molecule has 0 fully saturated rings. The van der Waals surface area contributed by atoms with Crippen molar-refractivity contribution in [2.24, 2.45) is 0 Å². The molecule has 5 heteroatoms. The molecule has 0 radical (unpaired) electrons. The van der Waals surface area contributed by atoms with E-state index in [0.29, 0.717) is 23.7 Å². The van der Waals surface area contributed by atoms with Crippen molar-refractivity contribution in [3.05, 3.63) is 136 Å². The van der Waals surface area contributed by atoms with Gasteiger partial charge in [0.2, 0.25) is 5.91 Å². The van der Waals surface area contributed by atoms with E-state index in [4.69, 9.17) is 11.6 Å². The Hall–Kier alpha value is -3.89. The second kappa shape index (κ2) is 11.3. The van der Waals surface area contributed by atoms with Crippen molar-refractivity contribution < 1.29 is 9.59 Å². The Morgan fingerprint density at radius 1 is 0.676 bits per heavy atom. The molecule has 0 unspecified atom stereocenters. The fraction of sp³-hybridized carbons (Fsp3) is 0.103. The molecule has 0 aliphatic rings. The molecule has 4 nitrogen and oxygen atoms in total. The number of nitrogens with one attached hydrogen (secondary N) is 1. The van der Waals surface area contributed by atoms with Crippen LogP contribution in [0.4, 0.5) is 5.69 Å². The molecule has 0 spiro atoms. The van der Waals surface area contributed by atoms with E-state index < -0.39 is 0 Å². The van der Waals surface area contributed by atoms with Gasteiger partial charge in [0.1, 0.15) is 0 Å². The molecule has 0 saturated heterocycles. The maximum absolute atomic E-state index is 13.4. The first kappa shape index (κ1) is 23.3. The molecule has 0 aliphatic carbocycles. The molecule has 34 heavy (non-hydrogen) atoms. The van der Waals surface area contributed by atoms with Crippen molar-refractivity contribution in [3.63, 3.8) is 0 Å². The molecule has 0 heterocycles. The summed E-state index contributed by atoms with van der Waals surface area (Å²) in [6, 6.07) is 34.1. The topological polar surface area (TPSA) is 49.4 Å². The smallest absolute Gasteiger partial charge is 0.258 e. The van der Waals surface area contributed by atoms with Gasteiger partial charge in [-0.2, -0.15) is 0 Å². The van der Waals surface area contributed by atoms with Gasteiger partial charge in [0.25, 0.3) is 5.91 Å². The van der Waals surface area contributed by atoms with Crippen LogP contribution in [-0.2, 0) is 24.3 Å². The van der Waals surface area contributed by atoms with Crippen molar-refractivity contribution >= 4 is 29.1 Å². The van der Waals surface area contributed by atoms with E-state index in [2.05, 4.69) is 5.32 Å². The highest BCUT2D eigenvalue weighted by Crippen LogP contribution is 2.22. The van der Waals surface area contributed by atoms with Crippen LogP contribution < -0.4 is 10.2 Å². The summed E-state index contributed by atoms with van der Waals surface area (Å²) in [5, 5.41) is 3.53. The van der Waals surface area contributed by atoms with Gasteiger partial charge in [-0.05, 0) is 53.1 Å². The Morgan fingerprint density at radius 2 is 1.26 bits per heavy atom. The lowest BCUT2D eigenvalue weighted by atomic mass is 10.1. The second-order valence-corrected chi connectivity index (χ2v) is 8.43. The fourth-order valence-corrected chi connectivity index (χ4v) is 3.76. The standard InChI is InChI=1S/C29H25ClN2O2/c30-26-15-13-25(14-16-26)29(34)32(21-24-9-5-2-6-10-24)27-17-11-22(12-18-27)19-28(33)31-20-23-7-3-1-4-8-23/h1-18H,19-21H2,(H,31,33). The average molecular weight is 469 g/mol. The minimum Gasteiger partial charge on any atom is -0.352 e. The Labute approximate surface area is 204 Å². The number of carbonyl (C=O) groups is 2.